The Balaban J connectivity index is 1.87. The molecule has 0 radical (unpaired) electrons. The number of benzene rings is 1. The molecule has 6 heteroatoms. The van der Waals surface area contributed by atoms with Crippen LogP contribution >= 0.6 is 0 Å². The summed E-state index contributed by atoms with van der Waals surface area (Å²) in [7, 11) is 0. The summed E-state index contributed by atoms with van der Waals surface area (Å²) in [4.78, 5) is 23.5. The van der Waals surface area contributed by atoms with Gasteiger partial charge in [0.2, 0.25) is 11.8 Å². The molecule has 0 bridgehead atoms. The fourth-order valence-electron chi connectivity index (χ4n) is 2.22. The van der Waals surface area contributed by atoms with Crippen LogP contribution in [0.4, 0.5) is 10.1 Å². The first-order chi connectivity index (χ1) is 10.0. The second-order valence-electron chi connectivity index (χ2n) is 5.23. The highest BCUT2D eigenvalue weighted by Crippen LogP contribution is 2.30. The van der Waals surface area contributed by atoms with Gasteiger partial charge < -0.3 is 16.0 Å². The van der Waals surface area contributed by atoms with Gasteiger partial charge in [-0.1, -0.05) is 13.0 Å². The number of anilines is 1. The van der Waals surface area contributed by atoms with Crippen LogP contribution in [-0.2, 0) is 9.59 Å². The minimum atomic E-state index is -0.531. The molecule has 2 rings (SSSR count). The van der Waals surface area contributed by atoms with Crippen LogP contribution in [0.2, 0.25) is 0 Å². The van der Waals surface area contributed by atoms with E-state index in [0.29, 0.717) is 24.2 Å². The van der Waals surface area contributed by atoms with Gasteiger partial charge in [-0.15, -0.1) is 0 Å². The zero-order valence-electron chi connectivity index (χ0n) is 12.2. The summed E-state index contributed by atoms with van der Waals surface area (Å²) in [5.74, 6) is -0.657. The van der Waals surface area contributed by atoms with Crippen molar-refractivity contribution in [1.29, 1.82) is 0 Å². The second kappa shape index (κ2) is 6.67. The van der Waals surface area contributed by atoms with E-state index in [2.05, 4.69) is 16.0 Å². The van der Waals surface area contributed by atoms with Crippen molar-refractivity contribution in [1.82, 2.24) is 10.6 Å². The number of carbonyl (C=O) groups is 2. The minimum absolute atomic E-state index is 0.0467. The molecule has 114 valence electrons. The summed E-state index contributed by atoms with van der Waals surface area (Å²) in [5.41, 5.74) is 1.20. The summed E-state index contributed by atoms with van der Waals surface area (Å²) >= 11 is 0. The first-order valence-electron chi connectivity index (χ1n) is 7.14. The van der Waals surface area contributed by atoms with Crippen molar-refractivity contribution >= 4 is 17.5 Å². The molecule has 1 aromatic carbocycles. The van der Waals surface area contributed by atoms with Gasteiger partial charge in [0.25, 0.3) is 0 Å². The van der Waals surface area contributed by atoms with Crippen LogP contribution in [0.1, 0.15) is 38.3 Å². The highest BCUT2D eigenvalue weighted by atomic mass is 19.1. The molecule has 0 fully saturated rings. The van der Waals surface area contributed by atoms with E-state index >= 15 is 0 Å². The highest BCUT2D eigenvalue weighted by molar-refractivity contribution is 6.02. The van der Waals surface area contributed by atoms with Crippen molar-refractivity contribution in [2.24, 2.45) is 0 Å². The van der Waals surface area contributed by atoms with E-state index in [1.807, 2.05) is 13.8 Å². The lowest BCUT2D eigenvalue weighted by atomic mass is 10.1. The van der Waals surface area contributed by atoms with E-state index in [0.717, 1.165) is 6.42 Å². The molecule has 1 heterocycles. The lowest BCUT2D eigenvalue weighted by molar-refractivity contribution is -0.122. The minimum Gasteiger partial charge on any atom is -0.354 e. The van der Waals surface area contributed by atoms with E-state index in [1.165, 1.54) is 12.1 Å². The van der Waals surface area contributed by atoms with E-state index in [-0.39, 0.29) is 23.7 Å². The number of carbonyl (C=O) groups excluding carboxylic acids is 2. The van der Waals surface area contributed by atoms with Crippen LogP contribution in [0.15, 0.2) is 18.2 Å². The first kappa shape index (κ1) is 15.4. The monoisotopic (exact) mass is 293 g/mol. The van der Waals surface area contributed by atoms with Crippen molar-refractivity contribution in [3.05, 3.63) is 29.6 Å². The predicted octanol–water partition coefficient (Wildman–Crippen LogP) is 1.71. The molecule has 3 N–H and O–H groups in total. The molecule has 0 aromatic heterocycles. The smallest absolute Gasteiger partial charge is 0.246 e. The van der Waals surface area contributed by atoms with Gasteiger partial charge in [-0.25, -0.2) is 4.39 Å². The fraction of sp³-hybridized carbons (Fsp3) is 0.467. The molecule has 2 amide bonds. The molecular weight excluding hydrogens is 273 g/mol. The Labute approximate surface area is 123 Å². The quantitative estimate of drug-likeness (QED) is 0.748. The average molecular weight is 293 g/mol. The van der Waals surface area contributed by atoms with E-state index in [1.54, 1.807) is 6.07 Å². The molecule has 2 atom stereocenters. The van der Waals surface area contributed by atoms with Gasteiger partial charge >= 0.3 is 0 Å². The number of hydrogen-bond donors (Lipinski definition) is 3. The van der Waals surface area contributed by atoms with Crippen LogP contribution in [0.3, 0.4) is 0 Å². The van der Waals surface area contributed by atoms with Crippen LogP contribution < -0.4 is 16.0 Å². The molecular formula is C15H20FN3O2. The van der Waals surface area contributed by atoms with Gasteiger partial charge in [-0.2, -0.15) is 0 Å². The van der Waals surface area contributed by atoms with E-state index < -0.39 is 6.04 Å². The molecule has 0 saturated heterocycles. The number of hydrogen-bond acceptors (Lipinski definition) is 3. The van der Waals surface area contributed by atoms with Crippen LogP contribution in [0.25, 0.3) is 0 Å². The van der Waals surface area contributed by atoms with E-state index in [4.69, 9.17) is 0 Å². The molecule has 0 spiro atoms. The van der Waals surface area contributed by atoms with Gasteiger partial charge in [0.15, 0.2) is 0 Å². The summed E-state index contributed by atoms with van der Waals surface area (Å²) < 4.78 is 13.1. The maximum Gasteiger partial charge on any atom is 0.246 e. The third kappa shape index (κ3) is 3.78. The molecule has 5 nitrogen and oxygen atoms in total. The predicted molar refractivity (Wildman–Crippen MR) is 78.3 cm³/mol. The van der Waals surface area contributed by atoms with Gasteiger partial charge in [0.1, 0.15) is 11.9 Å². The SMILES string of the molecule is CCC(C)NC(=O)CCNC1C(=O)Nc2cc(F)ccc21. The second-order valence-corrected chi connectivity index (χ2v) is 5.23. The van der Waals surface area contributed by atoms with Crippen molar-refractivity contribution < 1.29 is 14.0 Å². The summed E-state index contributed by atoms with van der Waals surface area (Å²) in [5, 5.41) is 8.52. The van der Waals surface area contributed by atoms with Gasteiger partial charge in [-0.3, -0.25) is 9.59 Å². The summed E-state index contributed by atoms with van der Waals surface area (Å²) in [6, 6.07) is 3.82. The molecule has 21 heavy (non-hydrogen) atoms. The highest BCUT2D eigenvalue weighted by Gasteiger charge is 2.30. The lowest BCUT2D eigenvalue weighted by Gasteiger charge is -2.13. The van der Waals surface area contributed by atoms with Crippen molar-refractivity contribution in [2.75, 3.05) is 11.9 Å². The molecule has 0 aliphatic carbocycles. The molecule has 0 saturated carbocycles. The van der Waals surface area contributed by atoms with Gasteiger partial charge in [0.05, 0.1) is 0 Å². The normalized spacial score (nSPS) is 18.0. The number of nitrogens with one attached hydrogen (secondary N) is 3. The topological polar surface area (TPSA) is 70.2 Å². The Morgan fingerprint density at radius 3 is 2.95 bits per heavy atom. The Bertz CT molecular complexity index is 548. The van der Waals surface area contributed by atoms with E-state index in [9.17, 15) is 14.0 Å². The van der Waals surface area contributed by atoms with Crippen LogP contribution in [0, 0.1) is 5.82 Å². The number of fused-ring (bicyclic) bond motifs is 1. The molecule has 2 unspecified atom stereocenters. The van der Waals surface area contributed by atoms with Gasteiger partial charge in [0, 0.05) is 30.3 Å². The summed E-state index contributed by atoms with van der Waals surface area (Å²) in [6.07, 6.45) is 1.17. The number of rotatable bonds is 6. The number of amides is 2. The molecule has 1 aliphatic heterocycles. The van der Waals surface area contributed by atoms with Crippen molar-refractivity contribution in [3.8, 4) is 0 Å². The zero-order chi connectivity index (χ0) is 15.4. The maximum atomic E-state index is 13.1. The number of halogens is 1. The fourth-order valence-corrected chi connectivity index (χ4v) is 2.22. The van der Waals surface area contributed by atoms with Crippen LogP contribution in [-0.4, -0.2) is 24.4 Å². The first-order valence-corrected chi connectivity index (χ1v) is 7.14. The summed E-state index contributed by atoms with van der Waals surface area (Å²) in [6.45, 7) is 4.33. The Morgan fingerprint density at radius 2 is 2.24 bits per heavy atom. The Hall–Kier alpha value is -1.95. The standard InChI is InChI=1S/C15H20FN3O2/c1-3-9(2)18-13(20)6-7-17-14-11-5-4-10(16)8-12(11)19-15(14)21/h4-5,8-9,14,17H,3,6-7H2,1-2H3,(H,18,20)(H,19,21). The lowest BCUT2D eigenvalue weighted by Crippen LogP contribution is -2.35. The largest absolute Gasteiger partial charge is 0.354 e. The van der Waals surface area contributed by atoms with Crippen molar-refractivity contribution in [2.45, 2.75) is 38.8 Å². The van der Waals surface area contributed by atoms with Gasteiger partial charge in [-0.05, 0) is 25.5 Å². The maximum absolute atomic E-state index is 13.1. The Morgan fingerprint density at radius 1 is 1.48 bits per heavy atom. The zero-order valence-corrected chi connectivity index (χ0v) is 12.2. The third-order valence-electron chi connectivity index (χ3n) is 3.57. The van der Waals surface area contributed by atoms with Crippen molar-refractivity contribution in [3.63, 3.8) is 0 Å². The van der Waals surface area contributed by atoms with Crippen LogP contribution in [0.5, 0.6) is 0 Å². The molecule has 1 aliphatic rings. The third-order valence-corrected chi connectivity index (χ3v) is 3.57. The Kier molecular flexibility index (Phi) is 4.90. The molecule has 1 aromatic rings. The average Bonchev–Trinajstić information content (AvgIpc) is 2.74.